The average Bonchev–Trinajstić information content (AvgIpc) is 2.62. The Labute approximate surface area is 106 Å². The molecule has 0 saturated carbocycles. The number of aryl methyl sites for hydroxylation is 2. The Hall–Kier alpha value is -1.63. The first-order valence-corrected chi connectivity index (χ1v) is 6.15. The fourth-order valence-electron chi connectivity index (χ4n) is 1.73. The molecule has 7 heteroatoms. The summed E-state index contributed by atoms with van der Waals surface area (Å²) in [7, 11) is 0. The molecule has 102 valence electrons. The molecule has 0 aliphatic carbocycles. The molecule has 1 aromatic heterocycles. The second-order valence-corrected chi connectivity index (χ2v) is 3.89. The predicted molar refractivity (Wildman–Crippen MR) is 68.9 cm³/mol. The van der Waals surface area contributed by atoms with Crippen molar-refractivity contribution in [3.8, 4) is 0 Å². The third-order valence-electron chi connectivity index (χ3n) is 2.46. The van der Waals surface area contributed by atoms with Gasteiger partial charge in [-0.3, -0.25) is 10.1 Å². The molecule has 1 heterocycles. The van der Waals surface area contributed by atoms with E-state index >= 15 is 0 Å². The minimum atomic E-state index is -0.391. The highest BCUT2D eigenvalue weighted by molar-refractivity contribution is 5.59. The molecule has 0 atom stereocenters. The van der Waals surface area contributed by atoms with Crippen molar-refractivity contribution in [3.63, 3.8) is 0 Å². The van der Waals surface area contributed by atoms with Crippen LogP contribution in [0.4, 0.5) is 11.5 Å². The summed E-state index contributed by atoms with van der Waals surface area (Å²) >= 11 is 0. The van der Waals surface area contributed by atoms with Crippen LogP contribution >= 0.6 is 0 Å². The van der Waals surface area contributed by atoms with Crippen molar-refractivity contribution in [2.24, 2.45) is 0 Å². The molecule has 0 bridgehead atoms. The normalized spacial score (nSPS) is 10.6. The van der Waals surface area contributed by atoms with Crippen LogP contribution in [0, 0.1) is 17.0 Å². The van der Waals surface area contributed by atoms with E-state index in [1.165, 1.54) is 0 Å². The first kappa shape index (κ1) is 14.4. The SMILES string of the molecule is CCCn1nc(C)c([N+](=O)[O-])c1NCCOCC. The predicted octanol–water partition coefficient (Wildman–Crippen LogP) is 1.96. The molecule has 7 nitrogen and oxygen atoms in total. The van der Waals surface area contributed by atoms with Crippen LogP contribution in [-0.4, -0.2) is 34.5 Å². The summed E-state index contributed by atoms with van der Waals surface area (Å²) in [4.78, 5) is 10.6. The standard InChI is InChI=1S/C11H20N4O3/c1-4-7-14-11(12-6-8-18-5-2)10(15(16)17)9(3)13-14/h12H,4-8H2,1-3H3. The number of anilines is 1. The molecule has 1 rings (SSSR count). The second kappa shape index (κ2) is 6.95. The maximum atomic E-state index is 11.0. The van der Waals surface area contributed by atoms with Gasteiger partial charge in [0.25, 0.3) is 0 Å². The van der Waals surface area contributed by atoms with Crippen molar-refractivity contribution in [2.75, 3.05) is 25.1 Å². The number of rotatable bonds is 8. The van der Waals surface area contributed by atoms with Gasteiger partial charge in [-0.1, -0.05) is 6.92 Å². The Bertz CT molecular complexity index is 403. The van der Waals surface area contributed by atoms with E-state index in [1.807, 2.05) is 13.8 Å². The molecular weight excluding hydrogens is 236 g/mol. The summed E-state index contributed by atoms with van der Waals surface area (Å²) in [6, 6.07) is 0. The van der Waals surface area contributed by atoms with Crippen molar-refractivity contribution in [1.82, 2.24) is 9.78 Å². The summed E-state index contributed by atoms with van der Waals surface area (Å²) < 4.78 is 6.85. The van der Waals surface area contributed by atoms with E-state index in [0.717, 1.165) is 6.42 Å². The van der Waals surface area contributed by atoms with Gasteiger partial charge in [-0.05, 0) is 20.3 Å². The van der Waals surface area contributed by atoms with E-state index in [4.69, 9.17) is 4.74 Å². The lowest BCUT2D eigenvalue weighted by Crippen LogP contribution is -2.14. The van der Waals surface area contributed by atoms with Crippen LogP contribution in [0.5, 0.6) is 0 Å². The van der Waals surface area contributed by atoms with E-state index in [9.17, 15) is 10.1 Å². The molecular formula is C11H20N4O3. The minimum absolute atomic E-state index is 0.0555. The summed E-state index contributed by atoms with van der Waals surface area (Å²) in [6.07, 6.45) is 0.873. The van der Waals surface area contributed by atoms with Crippen LogP contribution in [0.2, 0.25) is 0 Å². The molecule has 0 aromatic carbocycles. The summed E-state index contributed by atoms with van der Waals surface area (Å²) in [5.41, 5.74) is 0.493. The van der Waals surface area contributed by atoms with Gasteiger partial charge in [0.15, 0.2) is 0 Å². The van der Waals surface area contributed by atoms with Crippen LogP contribution in [0.15, 0.2) is 0 Å². The van der Waals surface area contributed by atoms with E-state index in [2.05, 4.69) is 10.4 Å². The fraction of sp³-hybridized carbons (Fsp3) is 0.727. The lowest BCUT2D eigenvalue weighted by atomic mass is 10.4. The molecule has 0 spiro atoms. The highest BCUT2D eigenvalue weighted by atomic mass is 16.6. The van der Waals surface area contributed by atoms with Crippen LogP contribution < -0.4 is 5.32 Å². The fourth-order valence-corrected chi connectivity index (χ4v) is 1.73. The smallest absolute Gasteiger partial charge is 0.333 e. The first-order chi connectivity index (χ1) is 8.61. The van der Waals surface area contributed by atoms with Gasteiger partial charge in [-0.15, -0.1) is 0 Å². The third kappa shape index (κ3) is 3.43. The Kier molecular flexibility index (Phi) is 5.57. The number of nitrogens with zero attached hydrogens (tertiary/aromatic N) is 3. The van der Waals surface area contributed by atoms with Gasteiger partial charge >= 0.3 is 5.69 Å². The Morgan fingerprint density at radius 2 is 2.22 bits per heavy atom. The lowest BCUT2D eigenvalue weighted by Gasteiger charge is -2.08. The van der Waals surface area contributed by atoms with Gasteiger partial charge in [-0.25, -0.2) is 4.68 Å². The van der Waals surface area contributed by atoms with Crippen molar-refractivity contribution >= 4 is 11.5 Å². The number of ether oxygens (including phenoxy) is 1. The van der Waals surface area contributed by atoms with Crippen molar-refractivity contribution in [2.45, 2.75) is 33.7 Å². The topological polar surface area (TPSA) is 82.2 Å². The van der Waals surface area contributed by atoms with Gasteiger partial charge in [0.2, 0.25) is 5.82 Å². The van der Waals surface area contributed by atoms with Crippen molar-refractivity contribution < 1.29 is 9.66 Å². The molecule has 0 aliphatic heterocycles. The highest BCUT2D eigenvalue weighted by Gasteiger charge is 2.24. The molecule has 0 aliphatic rings. The molecule has 0 unspecified atom stereocenters. The van der Waals surface area contributed by atoms with Gasteiger partial charge in [0.1, 0.15) is 5.69 Å². The number of nitro groups is 1. The number of hydrogen-bond acceptors (Lipinski definition) is 5. The summed E-state index contributed by atoms with van der Waals surface area (Å²) in [5.74, 6) is 0.471. The molecule has 18 heavy (non-hydrogen) atoms. The third-order valence-corrected chi connectivity index (χ3v) is 2.46. The van der Waals surface area contributed by atoms with E-state index in [1.54, 1.807) is 11.6 Å². The van der Waals surface area contributed by atoms with Gasteiger partial charge in [-0.2, -0.15) is 5.10 Å². The molecule has 0 fully saturated rings. The molecule has 0 amide bonds. The molecule has 0 saturated heterocycles. The minimum Gasteiger partial charge on any atom is -0.380 e. The number of hydrogen-bond donors (Lipinski definition) is 1. The average molecular weight is 256 g/mol. The molecule has 1 aromatic rings. The van der Waals surface area contributed by atoms with Gasteiger partial charge < -0.3 is 10.1 Å². The van der Waals surface area contributed by atoms with Gasteiger partial charge in [0, 0.05) is 19.7 Å². The quantitative estimate of drug-likeness (QED) is 0.437. The summed E-state index contributed by atoms with van der Waals surface area (Å²) in [5, 5.41) is 18.3. The number of nitrogens with one attached hydrogen (secondary N) is 1. The largest absolute Gasteiger partial charge is 0.380 e. The monoisotopic (exact) mass is 256 g/mol. The zero-order chi connectivity index (χ0) is 13.5. The zero-order valence-electron chi connectivity index (χ0n) is 11.1. The van der Waals surface area contributed by atoms with Crippen LogP contribution in [0.3, 0.4) is 0 Å². The van der Waals surface area contributed by atoms with Crippen LogP contribution in [-0.2, 0) is 11.3 Å². The number of aromatic nitrogens is 2. The maximum Gasteiger partial charge on any atom is 0.333 e. The van der Waals surface area contributed by atoms with Crippen LogP contribution in [0.1, 0.15) is 26.0 Å². The Morgan fingerprint density at radius 1 is 1.50 bits per heavy atom. The molecule has 1 N–H and O–H groups in total. The lowest BCUT2D eigenvalue weighted by molar-refractivity contribution is -0.384. The molecule has 0 radical (unpaired) electrons. The maximum absolute atomic E-state index is 11.0. The van der Waals surface area contributed by atoms with Crippen molar-refractivity contribution in [1.29, 1.82) is 0 Å². The van der Waals surface area contributed by atoms with Crippen molar-refractivity contribution in [3.05, 3.63) is 15.8 Å². The second-order valence-electron chi connectivity index (χ2n) is 3.89. The van der Waals surface area contributed by atoms with E-state index in [0.29, 0.717) is 37.8 Å². The Morgan fingerprint density at radius 3 is 2.78 bits per heavy atom. The van der Waals surface area contributed by atoms with Crippen LogP contribution in [0.25, 0.3) is 0 Å². The van der Waals surface area contributed by atoms with E-state index in [-0.39, 0.29) is 5.69 Å². The zero-order valence-corrected chi connectivity index (χ0v) is 11.1. The first-order valence-electron chi connectivity index (χ1n) is 6.15. The Balaban J connectivity index is 2.86. The van der Waals surface area contributed by atoms with E-state index < -0.39 is 4.92 Å². The summed E-state index contributed by atoms with van der Waals surface area (Å²) in [6.45, 7) is 7.91. The highest BCUT2D eigenvalue weighted by Crippen LogP contribution is 2.28. The van der Waals surface area contributed by atoms with Gasteiger partial charge in [0.05, 0.1) is 11.5 Å².